The molecule has 0 bridgehead atoms. The molecule has 0 saturated carbocycles. The number of ether oxygens (including phenoxy) is 2. The Labute approximate surface area is 157 Å². The molecule has 2 rings (SSSR count). The molecule has 140 valence electrons. The van der Waals surface area contributed by atoms with Gasteiger partial charge < -0.3 is 14.8 Å². The Morgan fingerprint density at radius 3 is 2.50 bits per heavy atom. The molecule has 0 aliphatic rings. The van der Waals surface area contributed by atoms with Gasteiger partial charge in [-0.3, -0.25) is 0 Å². The van der Waals surface area contributed by atoms with Crippen LogP contribution in [0.25, 0.3) is 10.6 Å². The molecular weight excluding hydrogens is 352 g/mol. The molecule has 0 fully saturated rings. The number of nitrogens with one attached hydrogen (secondary N) is 1. The van der Waals surface area contributed by atoms with Crippen LogP contribution in [0.2, 0.25) is 0 Å². The standard InChI is InChI=1S/C19H24N2O4S/c1-12-15(26-16(20-12)14-9-7-6-8-10-14)11-24-17(22)13(2)21-18(23)25-19(3,4)5/h6-10,13H,11H2,1-5H3,(H,21,23). The number of aromatic nitrogens is 1. The van der Waals surface area contributed by atoms with Crippen LogP contribution >= 0.6 is 11.3 Å². The topological polar surface area (TPSA) is 77.5 Å². The van der Waals surface area contributed by atoms with Gasteiger partial charge in [0, 0.05) is 5.56 Å². The molecule has 0 saturated heterocycles. The molecule has 26 heavy (non-hydrogen) atoms. The van der Waals surface area contributed by atoms with Crippen molar-refractivity contribution in [3.8, 4) is 10.6 Å². The summed E-state index contributed by atoms with van der Waals surface area (Å²) in [7, 11) is 0. The Kier molecular flexibility index (Phi) is 6.37. The van der Waals surface area contributed by atoms with Crippen molar-refractivity contribution < 1.29 is 19.1 Å². The van der Waals surface area contributed by atoms with Gasteiger partial charge in [0.25, 0.3) is 0 Å². The minimum absolute atomic E-state index is 0.121. The van der Waals surface area contributed by atoms with E-state index in [9.17, 15) is 9.59 Å². The number of benzene rings is 1. The van der Waals surface area contributed by atoms with Gasteiger partial charge in [-0.15, -0.1) is 11.3 Å². The van der Waals surface area contributed by atoms with Crippen LogP contribution in [0.15, 0.2) is 30.3 Å². The van der Waals surface area contributed by atoms with E-state index >= 15 is 0 Å². The smallest absolute Gasteiger partial charge is 0.408 e. The largest absolute Gasteiger partial charge is 0.458 e. The lowest BCUT2D eigenvalue weighted by Crippen LogP contribution is -2.42. The van der Waals surface area contributed by atoms with Crippen molar-refractivity contribution in [3.63, 3.8) is 0 Å². The van der Waals surface area contributed by atoms with Gasteiger partial charge in [0.15, 0.2) is 0 Å². The highest BCUT2D eigenvalue weighted by Crippen LogP contribution is 2.28. The quantitative estimate of drug-likeness (QED) is 0.796. The van der Waals surface area contributed by atoms with Crippen molar-refractivity contribution in [1.82, 2.24) is 10.3 Å². The SMILES string of the molecule is Cc1nc(-c2ccccc2)sc1COC(=O)C(C)NC(=O)OC(C)(C)C. The van der Waals surface area contributed by atoms with Gasteiger partial charge in [-0.25, -0.2) is 14.6 Å². The van der Waals surface area contributed by atoms with E-state index in [2.05, 4.69) is 10.3 Å². The minimum Gasteiger partial charge on any atom is -0.458 e. The molecule has 1 aromatic carbocycles. The number of nitrogens with zero attached hydrogens (tertiary/aromatic N) is 1. The number of alkyl carbamates (subject to hydrolysis) is 1. The lowest BCUT2D eigenvalue weighted by atomic mass is 10.2. The first-order valence-corrected chi connectivity index (χ1v) is 9.15. The molecule has 1 heterocycles. The van der Waals surface area contributed by atoms with Gasteiger partial charge in [-0.2, -0.15) is 0 Å². The van der Waals surface area contributed by atoms with Gasteiger partial charge in [0.2, 0.25) is 0 Å². The number of carbonyl (C=O) groups excluding carboxylic acids is 2. The summed E-state index contributed by atoms with van der Waals surface area (Å²) < 4.78 is 10.4. The molecule has 0 spiro atoms. The zero-order valence-electron chi connectivity index (χ0n) is 15.7. The Hall–Kier alpha value is -2.41. The summed E-state index contributed by atoms with van der Waals surface area (Å²) in [6.07, 6.45) is -0.651. The van der Waals surface area contributed by atoms with E-state index in [4.69, 9.17) is 9.47 Å². The van der Waals surface area contributed by atoms with Crippen LogP contribution in [0, 0.1) is 6.92 Å². The Morgan fingerprint density at radius 1 is 1.23 bits per heavy atom. The molecular formula is C19H24N2O4S. The maximum absolute atomic E-state index is 12.1. The third kappa shape index (κ3) is 5.84. The van der Waals surface area contributed by atoms with E-state index in [-0.39, 0.29) is 6.61 Å². The molecule has 0 aliphatic carbocycles. The molecule has 1 amide bonds. The van der Waals surface area contributed by atoms with E-state index in [0.29, 0.717) is 0 Å². The number of hydrogen-bond donors (Lipinski definition) is 1. The average Bonchev–Trinajstić information content (AvgIpc) is 2.92. The summed E-state index contributed by atoms with van der Waals surface area (Å²) in [5.74, 6) is -0.523. The second-order valence-corrected chi connectivity index (χ2v) is 7.95. The van der Waals surface area contributed by atoms with Crippen LogP contribution in [0.5, 0.6) is 0 Å². The minimum atomic E-state index is -0.799. The lowest BCUT2D eigenvalue weighted by Gasteiger charge is -2.21. The van der Waals surface area contributed by atoms with Gasteiger partial charge in [-0.05, 0) is 34.6 Å². The fraction of sp³-hybridized carbons (Fsp3) is 0.421. The molecule has 1 N–H and O–H groups in total. The van der Waals surface area contributed by atoms with Crippen LogP contribution in [0.3, 0.4) is 0 Å². The summed E-state index contributed by atoms with van der Waals surface area (Å²) in [4.78, 5) is 29.2. The number of thiazole rings is 1. The summed E-state index contributed by atoms with van der Waals surface area (Å²) in [6, 6.07) is 9.03. The Balaban J connectivity index is 1.91. The fourth-order valence-electron chi connectivity index (χ4n) is 2.07. The van der Waals surface area contributed by atoms with Crippen LogP contribution in [-0.2, 0) is 20.9 Å². The molecule has 6 nitrogen and oxygen atoms in total. The lowest BCUT2D eigenvalue weighted by molar-refractivity contribution is -0.146. The van der Waals surface area contributed by atoms with Crippen molar-refractivity contribution in [3.05, 3.63) is 40.9 Å². The predicted molar refractivity (Wildman–Crippen MR) is 101 cm³/mol. The molecule has 2 aromatic rings. The molecule has 1 atom stereocenters. The molecule has 0 radical (unpaired) electrons. The second-order valence-electron chi connectivity index (χ2n) is 6.87. The van der Waals surface area contributed by atoms with Crippen molar-refractivity contribution in [1.29, 1.82) is 0 Å². The maximum Gasteiger partial charge on any atom is 0.408 e. The second kappa shape index (κ2) is 8.31. The van der Waals surface area contributed by atoms with Crippen LogP contribution < -0.4 is 5.32 Å². The first-order valence-electron chi connectivity index (χ1n) is 8.33. The number of esters is 1. The van der Waals surface area contributed by atoms with E-state index in [0.717, 1.165) is 21.1 Å². The number of rotatable bonds is 5. The number of aryl methyl sites for hydroxylation is 1. The highest BCUT2D eigenvalue weighted by molar-refractivity contribution is 7.15. The summed E-state index contributed by atoms with van der Waals surface area (Å²) >= 11 is 1.49. The highest BCUT2D eigenvalue weighted by atomic mass is 32.1. The van der Waals surface area contributed by atoms with E-state index < -0.39 is 23.7 Å². The molecule has 0 aliphatic heterocycles. The fourth-order valence-corrected chi connectivity index (χ4v) is 3.05. The van der Waals surface area contributed by atoms with Crippen molar-refractivity contribution in [2.24, 2.45) is 0 Å². The monoisotopic (exact) mass is 376 g/mol. The zero-order valence-corrected chi connectivity index (χ0v) is 16.5. The van der Waals surface area contributed by atoms with Crippen LogP contribution in [-0.4, -0.2) is 28.7 Å². The van der Waals surface area contributed by atoms with E-state index in [1.54, 1.807) is 27.7 Å². The summed E-state index contributed by atoms with van der Waals surface area (Å²) in [5, 5.41) is 3.35. The highest BCUT2D eigenvalue weighted by Gasteiger charge is 2.22. The summed E-state index contributed by atoms with van der Waals surface area (Å²) in [5.41, 5.74) is 1.23. The predicted octanol–water partition coefficient (Wildman–Crippen LogP) is 4.07. The van der Waals surface area contributed by atoms with Crippen LogP contribution in [0.1, 0.15) is 38.3 Å². The van der Waals surface area contributed by atoms with Gasteiger partial charge in [0.1, 0.15) is 23.3 Å². The maximum atomic E-state index is 12.1. The third-order valence-electron chi connectivity index (χ3n) is 3.35. The van der Waals surface area contributed by atoms with Crippen molar-refractivity contribution in [2.75, 3.05) is 0 Å². The Morgan fingerprint density at radius 2 is 1.88 bits per heavy atom. The van der Waals surface area contributed by atoms with Crippen molar-refractivity contribution >= 4 is 23.4 Å². The third-order valence-corrected chi connectivity index (χ3v) is 4.53. The molecule has 7 heteroatoms. The number of amides is 1. The first-order chi connectivity index (χ1) is 12.2. The molecule has 1 aromatic heterocycles. The first kappa shape index (κ1) is 19.9. The van der Waals surface area contributed by atoms with E-state index in [1.807, 2.05) is 37.3 Å². The average molecular weight is 376 g/mol. The normalized spacial score (nSPS) is 12.3. The molecule has 1 unspecified atom stereocenters. The zero-order chi connectivity index (χ0) is 19.3. The van der Waals surface area contributed by atoms with Gasteiger partial charge in [0.05, 0.1) is 10.6 Å². The Bertz CT molecular complexity index is 766. The van der Waals surface area contributed by atoms with Gasteiger partial charge >= 0.3 is 12.1 Å². The van der Waals surface area contributed by atoms with E-state index in [1.165, 1.54) is 11.3 Å². The van der Waals surface area contributed by atoms with Gasteiger partial charge in [-0.1, -0.05) is 30.3 Å². The van der Waals surface area contributed by atoms with Crippen LogP contribution in [0.4, 0.5) is 4.79 Å². The number of hydrogen-bond acceptors (Lipinski definition) is 6. The number of carbonyl (C=O) groups is 2. The summed E-state index contributed by atoms with van der Waals surface area (Å²) in [6.45, 7) is 8.83. The van der Waals surface area contributed by atoms with Crippen molar-refractivity contribution in [2.45, 2.75) is 52.9 Å².